The number of ketones is 2. The topological polar surface area (TPSA) is 156 Å². The first-order chi connectivity index (χ1) is 13.2. The van der Waals surface area contributed by atoms with Crippen molar-refractivity contribution in [3.63, 3.8) is 0 Å². The van der Waals surface area contributed by atoms with Crippen LogP contribution in [0.1, 0.15) is 13.8 Å². The number of Topliss-reactive ketones (excluding diaryl/α,β-unsaturated/α-hetero) is 2. The fourth-order valence-electron chi connectivity index (χ4n) is 4.64. The van der Waals surface area contributed by atoms with Crippen LogP contribution in [0.25, 0.3) is 0 Å². The Morgan fingerprint density at radius 2 is 2.07 bits per heavy atom. The molecule has 4 atom stereocenters. The number of allylic oxidation sites excluding steroid dienone is 2. The number of nitrogens with two attached hydrogens (primary N) is 2. The number of hydrogen-bond acceptors (Lipinski definition) is 9. The number of rotatable bonds is 6. The maximum absolute atomic E-state index is 13.3. The van der Waals surface area contributed by atoms with Crippen LogP contribution in [0.2, 0.25) is 0 Å². The average Bonchev–Trinajstić information content (AvgIpc) is 3.24. The Balaban J connectivity index is 1.76. The van der Waals surface area contributed by atoms with Crippen LogP contribution in [0.5, 0.6) is 0 Å². The lowest BCUT2D eigenvalue weighted by molar-refractivity contribution is -0.137. The van der Waals surface area contributed by atoms with Gasteiger partial charge in [0.2, 0.25) is 11.6 Å². The zero-order valence-corrected chi connectivity index (χ0v) is 16.0. The molecule has 3 aliphatic heterocycles. The number of amides is 1. The Hall–Kier alpha value is -2.43. The van der Waals surface area contributed by atoms with Gasteiger partial charge in [0.1, 0.15) is 6.61 Å². The van der Waals surface area contributed by atoms with Gasteiger partial charge in [0.25, 0.3) is 0 Å². The van der Waals surface area contributed by atoms with E-state index in [-0.39, 0.29) is 59.7 Å². The first-order valence-corrected chi connectivity index (χ1v) is 9.18. The maximum Gasteiger partial charge on any atom is 0.404 e. The molecule has 4 aliphatic rings. The molecule has 0 aromatic rings. The second-order valence-corrected chi connectivity index (χ2v) is 7.67. The van der Waals surface area contributed by atoms with Gasteiger partial charge >= 0.3 is 6.09 Å². The lowest BCUT2D eigenvalue weighted by Crippen LogP contribution is -2.55. The van der Waals surface area contributed by atoms with Gasteiger partial charge < -0.3 is 35.9 Å². The van der Waals surface area contributed by atoms with Crippen LogP contribution >= 0.6 is 0 Å². The number of nitrogens with one attached hydrogen (secondary N) is 1. The Morgan fingerprint density at radius 1 is 1.36 bits per heavy atom. The van der Waals surface area contributed by atoms with Crippen molar-refractivity contribution in [1.82, 2.24) is 10.2 Å². The van der Waals surface area contributed by atoms with Crippen molar-refractivity contribution in [2.75, 3.05) is 26.9 Å². The highest BCUT2D eigenvalue weighted by atomic mass is 16.6. The molecular weight excluding hydrogens is 368 g/mol. The third-order valence-corrected chi connectivity index (χ3v) is 5.89. The molecule has 28 heavy (non-hydrogen) atoms. The van der Waals surface area contributed by atoms with Crippen molar-refractivity contribution in [2.45, 2.75) is 37.8 Å². The molecule has 0 spiro atoms. The van der Waals surface area contributed by atoms with Gasteiger partial charge in [0.05, 0.1) is 41.6 Å². The largest absolute Gasteiger partial charge is 0.449 e. The standard InChI is InChI=1S/C18H24N4O6/c1-7(2)27-5-8-12(19)15(24)11-9(6-28-17(20)25)18(26-3)16-10(21-16)4-22(18)13(11)14(8)23/h7,9-10,16,21H,4-6,19H2,1-3H3,(H2,20,25)/t9-,10+,16+,18-/m1/s1. The molecule has 1 amide bonds. The minimum Gasteiger partial charge on any atom is -0.449 e. The molecule has 2 fully saturated rings. The van der Waals surface area contributed by atoms with E-state index < -0.39 is 23.5 Å². The number of nitrogens with zero attached hydrogens (tertiary/aromatic N) is 1. The highest BCUT2D eigenvalue weighted by molar-refractivity contribution is 6.25. The molecular formula is C18H24N4O6. The van der Waals surface area contributed by atoms with E-state index in [2.05, 4.69) is 5.32 Å². The summed E-state index contributed by atoms with van der Waals surface area (Å²) in [5.41, 5.74) is 10.6. The molecule has 10 heteroatoms. The van der Waals surface area contributed by atoms with Crippen LogP contribution in [-0.2, 0) is 23.8 Å². The van der Waals surface area contributed by atoms with Crippen LogP contribution < -0.4 is 16.8 Å². The molecule has 152 valence electrons. The number of methoxy groups -OCH3 is 1. The minimum atomic E-state index is -1.01. The summed E-state index contributed by atoms with van der Waals surface area (Å²) >= 11 is 0. The van der Waals surface area contributed by atoms with Crippen LogP contribution in [0.3, 0.4) is 0 Å². The molecule has 0 unspecified atom stereocenters. The second kappa shape index (κ2) is 6.29. The SMILES string of the molecule is CO[C@@]12[C@H](COC(N)=O)C3=C(C(=O)C(COC(C)C)=C(N)C3=O)N1C[C@@H]1N[C@@H]12. The predicted octanol–water partition coefficient (Wildman–Crippen LogP) is -1.25. The third kappa shape index (κ3) is 2.41. The molecule has 3 heterocycles. The smallest absolute Gasteiger partial charge is 0.404 e. The number of fused-ring (bicyclic) bond motifs is 4. The van der Waals surface area contributed by atoms with Gasteiger partial charge in [-0.05, 0) is 13.8 Å². The average molecular weight is 392 g/mol. The second-order valence-electron chi connectivity index (χ2n) is 7.67. The molecule has 2 saturated heterocycles. The molecule has 0 aromatic heterocycles. The van der Waals surface area contributed by atoms with E-state index in [9.17, 15) is 14.4 Å². The molecule has 0 radical (unpaired) electrons. The van der Waals surface area contributed by atoms with Crippen molar-refractivity contribution in [2.24, 2.45) is 17.4 Å². The third-order valence-electron chi connectivity index (χ3n) is 5.89. The molecule has 4 rings (SSSR count). The van der Waals surface area contributed by atoms with Gasteiger partial charge in [-0.2, -0.15) is 0 Å². The fraction of sp³-hybridized carbons (Fsp3) is 0.611. The predicted molar refractivity (Wildman–Crippen MR) is 95.5 cm³/mol. The van der Waals surface area contributed by atoms with Crippen molar-refractivity contribution in [3.8, 4) is 0 Å². The number of carbonyl (C=O) groups is 3. The Morgan fingerprint density at radius 3 is 2.68 bits per heavy atom. The molecule has 0 aromatic carbocycles. The first kappa shape index (κ1) is 18.9. The highest BCUT2D eigenvalue weighted by Gasteiger charge is 2.72. The van der Waals surface area contributed by atoms with E-state index in [0.717, 1.165) is 0 Å². The van der Waals surface area contributed by atoms with Crippen LogP contribution in [0.15, 0.2) is 22.5 Å². The van der Waals surface area contributed by atoms with E-state index in [0.29, 0.717) is 6.54 Å². The Bertz CT molecular complexity index is 834. The van der Waals surface area contributed by atoms with E-state index in [1.54, 1.807) is 0 Å². The summed E-state index contributed by atoms with van der Waals surface area (Å²) < 4.78 is 16.4. The van der Waals surface area contributed by atoms with Crippen LogP contribution in [0.4, 0.5) is 4.79 Å². The number of hydrogen-bond donors (Lipinski definition) is 3. The van der Waals surface area contributed by atoms with E-state index >= 15 is 0 Å². The van der Waals surface area contributed by atoms with Gasteiger partial charge in [-0.25, -0.2) is 4.79 Å². The van der Waals surface area contributed by atoms with Crippen molar-refractivity contribution < 1.29 is 28.6 Å². The van der Waals surface area contributed by atoms with Crippen LogP contribution in [-0.4, -0.2) is 73.3 Å². The zero-order chi connectivity index (χ0) is 20.4. The number of ether oxygens (including phenoxy) is 3. The van der Waals surface area contributed by atoms with Gasteiger partial charge in [-0.3, -0.25) is 9.59 Å². The van der Waals surface area contributed by atoms with E-state index in [1.165, 1.54) is 7.11 Å². The lowest BCUT2D eigenvalue weighted by Gasteiger charge is -2.39. The molecule has 0 saturated carbocycles. The molecule has 0 bridgehead atoms. The monoisotopic (exact) mass is 392 g/mol. The first-order valence-electron chi connectivity index (χ1n) is 9.18. The highest BCUT2D eigenvalue weighted by Crippen LogP contribution is 2.55. The summed E-state index contributed by atoms with van der Waals surface area (Å²) in [6.07, 6.45) is -1.09. The number of piperazine rings is 1. The quantitative estimate of drug-likeness (QED) is 0.371. The van der Waals surface area contributed by atoms with Crippen LogP contribution in [0, 0.1) is 5.92 Å². The van der Waals surface area contributed by atoms with Gasteiger partial charge in [-0.1, -0.05) is 0 Å². The zero-order valence-electron chi connectivity index (χ0n) is 16.0. The Labute approximate surface area is 161 Å². The van der Waals surface area contributed by atoms with Crippen molar-refractivity contribution in [1.29, 1.82) is 0 Å². The lowest BCUT2D eigenvalue weighted by atomic mass is 9.82. The van der Waals surface area contributed by atoms with E-state index in [1.807, 2.05) is 18.7 Å². The fourth-order valence-corrected chi connectivity index (χ4v) is 4.64. The molecule has 5 N–H and O–H groups in total. The summed E-state index contributed by atoms with van der Waals surface area (Å²) in [6.45, 7) is 3.93. The molecule has 10 nitrogen and oxygen atoms in total. The van der Waals surface area contributed by atoms with Gasteiger partial charge in [0.15, 0.2) is 5.72 Å². The minimum absolute atomic E-state index is 0.0494. The summed E-state index contributed by atoms with van der Waals surface area (Å²) in [5, 5.41) is 3.29. The van der Waals surface area contributed by atoms with Gasteiger partial charge in [-0.15, -0.1) is 0 Å². The number of carbonyl (C=O) groups excluding carboxylic acids is 3. The Kier molecular flexibility index (Phi) is 4.25. The summed E-state index contributed by atoms with van der Waals surface area (Å²) in [5.74, 6) is -1.50. The summed E-state index contributed by atoms with van der Waals surface area (Å²) in [4.78, 5) is 39.5. The maximum atomic E-state index is 13.3. The summed E-state index contributed by atoms with van der Waals surface area (Å²) in [6, 6.07) is 0.0355. The van der Waals surface area contributed by atoms with Crippen molar-refractivity contribution in [3.05, 3.63) is 22.5 Å². The van der Waals surface area contributed by atoms with Gasteiger partial charge in [0, 0.05) is 25.3 Å². The van der Waals surface area contributed by atoms with E-state index in [4.69, 9.17) is 25.7 Å². The normalized spacial score (nSPS) is 33.4. The molecule has 1 aliphatic carbocycles. The van der Waals surface area contributed by atoms with Crippen molar-refractivity contribution >= 4 is 17.7 Å². The summed E-state index contributed by atoms with van der Waals surface area (Å²) in [7, 11) is 1.51. The number of primary amides is 1.